The van der Waals surface area contributed by atoms with Crippen LogP contribution in [0.2, 0.25) is 0 Å². The van der Waals surface area contributed by atoms with Crippen LogP contribution in [0.15, 0.2) is 11.9 Å². The molecule has 0 aromatic carbocycles. The number of nitrogens with zero attached hydrogens (tertiary/aromatic N) is 1. The molecule has 0 amide bonds. The Morgan fingerprint density at radius 3 is 3.20 bits per heavy atom. The predicted octanol–water partition coefficient (Wildman–Crippen LogP) is -0.288. The highest BCUT2D eigenvalue weighted by Gasteiger charge is 2.06. The minimum Gasteiger partial charge on any atom is -0.388 e. The van der Waals surface area contributed by atoms with E-state index in [0.29, 0.717) is 0 Å². The van der Waals surface area contributed by atoms with Gasteiger partial charge in [-0.05, 0) is 6.92 Å². The first-order valence-electron chi connectivity index (χ1n) is 3.70. The van der Waals surface area contributed by atoms with Crippen molar-refractivity contribution < 1.29 is 0 Å². The van der Waals surface area contributed by atoms with Crippen LogP contribution in [-0.4, -0.2) is 31.1 Å². The van der Waals surface area contributed by atoms with E-state index in [4.69, 9.17) is 5.73 Å². The van der Waals surface area contributed by atoms with E-state index in [2.05, 4.69) is 17.1 Å². The average molecular weight is 141 g/mol. The second kappa shape index (κ2) is 3.46. The van der Waals surface area contributed by atoms with Crippen LogP contribution in [0.4, 0.5) is 0 Å². The Hall–Kier alpha value is -0.700. The number of nitrogens with two attached hydrogens (primary N) is 1. The fourth-order valence-electron chi connectivity index (χ4n) is 1.13. The number of allylic oxidation sites excluding steroid dienone is 1. The van der Waals surface area contributed by atoms with Gasteiger partial charge in [0.2, 0.25) is 0 Å². The van der Waals surface area contributed by atoms with Gasteiger partial charge in [0.25, 0.3) is 0 Å². The number of rotatable bonds is 2. The summed E-state index contributed by atoms with van der Waals surface area (Å²) in [5.41, 5.74) is 6.72. The molecule has 0 radical (unpaired) electrons. The molecular formula is C7H15N3. The molecule has 0 atom stereocenters. The molecule has 0 aromatic rings. The Labute approximate surface area is 61.9 Å². The molecule has 0 bridgehead atoms. The zero-order chi connectivity index (χ0) is 7.40. The summed E-state index contributed by atoms with van der Waals surface area (Å²) in [7, 11) is 0. The van der Waals surface area contributed by atoms with Gasteiger partial charge in [-0.1, -0.05) is 0 Å². The molecule has 0 aromatic heterocycles. The van der Waals surface area contributed by atoms with Crippen LogP contribution in [0, 0.1) is 0 Å². The Morgan fingerprint density at radius 1 is 1.80 bits per heavy atom. The molecule has 10 heavy (non-hydrogen) atoms. The summed E-state index contributed by atoms with van der Waals surface area (Å²) in [6, 6.07) is 0. The van der Waals surface area contributed by atoms with E-state index in [1.54, 1.807) is 0 Å². The summed E-state index contributed by atoms with van der Waals surface area (Å²) in [5.74, 6) is 0. The average Bonchev–Trinajstić information content (AvgIpc) is 1.94. The van der Waals surface area contributed by atoms with Crippen LogP contribution >= 0.6 is 0 Å². The van der Waals surface area contributed by atoms with Crippen molar-refractivity contribution >= 4 is 0 Å². The number of nitrogens with one attached hydrogen (secondary N) is 1. The molecule has 0 aliphatic carbocycles. The normalized spacial score (nSPS) is 18.2. The van der Waals surface area contributed by atoms with Crippen molar-refractivity contribution in [3.05, 3.63) is 11.9 Å². The summed E-state index contributed by atoms with van der Waals surface area (Å²) in [5, 5.41) is 3.18. The van der Waals surface area contributed by atoms with Gasteiger partial charge in [0.05, 0.1) is 0 Å². The maximum atomic E-state index is 5.43. The van der Waals surface area contributed by atoms with Gasteiger partial charge < -0.3 is 16.0 Å². The summed E-state index contributed by atoms with van der Waals surface area (Å²) in [6.07, 6.45) is 2.04. The maximum absolute atomic E-state index is 5.43. The molecule has 3 heteroatoms. The lowest BCUT2D eigenvalue weighted by atomic mass is 10.3. The van der Waals surface area contributed by atoms with Crippen LogP contribution in [0.5, 0.6) is 0 Å². The smallest absolute Gasteiger partial charge is 0.0349 e. The highest BCUT2D eigenvalue weighted by molar-refractivity contribution is 4.99. The van der Waals surface area contributed by atoms with Gasteiger partial charge in [0.15, 0.2) is 0 Å². The number of hydrogen-bond acceptors (Lipinski definition) is 3. The molecule has 1 heterocycles. The van der Waals surface area contributed by atoms with Crippen LogP contribution in [0.1, 0.15) is 6.92 Å². The topological polar surface area (TPSA) is 41.3 Å². The van der Waals surface area contributed by atoms with Crippen LogP contribution in [-0.2, 0) is 0 Å². The molecule has 1 rings (SSSR count). The maximum Gasteiger partial charge on any atom is 0.0349 e. The van der Waals surface area contributed by atoms with Crippen molar-refractivity contribution in [3.8, 4) is 0 Å². The zero-order valence-electron chi connectivity index (χ0n) is 6.43. The van der Waals surface area contributed by atoms with E-state index < -0.39 is 0 Å². The fraction of sp³-hybridized carbons (Fsp3) is 0.714. The van der Waals surface area contributed by atoms with E-state index in [0.717, 1.165) is 26.2 Å². The third-order valence-electron chi connectivity index (χ3n) is 1.73. The lowest BCUT2D eigenvalue weighted by molar-refractivity contribution is 0.336. The van der Waals surface area contributed by atoms with E-state index in [-0.39, 0.29) is 0 Å². The third-order valence-corrected chi connectivity index (χ3v) is 1.73. The molecule has 0 unspecified atom stereocenters. The molecular weight excluding hydrogens is 126 g/mol. The van der Waals surface area contributed by atoms with E-state index >= 15 is 0 Å². The summed E-state index contributed by atoms with van der Waals surface area (Å²) in [6.45, 7) is 5.94. The molecule has 1 aliphatic rings. The van der Waals surface area contributed by atoms with Gasteiger partial charge in [-0.3, -0.25) is 0 Å². The monoisotopic (exact) mass is 141 g/mol. The van der Waals surface area contributed by atoms with Crippen molar-refractivity contribution in [2.75, 3.05) is 26.2 Å². The first-order chi connectivity index (χ1) is 4.84. The lowest BCUT2D eigenvalue weighted by Gasteiger charge is -2.28. The van der Waals surface area contributed by atoms with Gasteiger partial charge in [-0.25, -0.2) is 0 Å². The summed E-state index contributed by atoms with van der Waals surface area (Å²) in [4.78, 5) is 2.29. The molecule has 58 valence electrons. The second-order valence-corrected chi connectivity index (χ2v) is 2.52. The highest BCUT2D eigenvalue weighted by Crippen LogP contribution is 2.03. The molecule has 0 saturated carbocycles. The van der Waals surface area contributed by atoms with E-state index in [9.17, 15) is 0 Å². The van der Waals surface area contributed by atoms with E-state index in [1.165, 1.54) is 5.70 Å². The van der Waals surface area contributed by atoms with Crippen LogP contribution < -0.4 is 11.1 Å². The molecule has 0 fully saturated rings. The van der Waals surface area contributed by atoms with Gasteiger partial charge >= 0.3 is 0 Å². The fourth-order valence-corrected chi connectivity index (χ4v) is 1.13. The first-order valence-corrected chi connectivity index (χ1v) is 3.70. The minimum absolute atomic E-state index is 0.741. The lowest BCUT2D eigenvalue weighted by Crippen LogP contribution is -2.37. The van der Waals surface area contributed by atoms with Crippen molar-refractivity contribution in [1.82, 2.24) is 10.2 Å². The zero-order valence-corrected chi connectivity index (χ0v) is 6.43. The van der Waals surface area contributed by atoms with Gasteiger partial charge in [-0.15, -0.1) is 0 Å². The Kier molecular flexibility index (Phi) is 2.57. The Balaban J connectivity index is 2.41. The van der Waals surface area contributed by atoms with Crippen molar-refractivity contribution in [2.24, 2.45) is 5.73 Å². The Morgan fingerprint density at radius 2 is 2.60 bits per heavy atom. The van der Waals surface area contributed by atoms with Crippen molar-refractivity contribution in [3.63, 3.8) is 0 Å². The summed E-state index contributed by atoms with van der Waals surface area (Å²) >= 11 is 0. The molecule has 0 saturated heterocycles. The highest BCUT2D eigenvalue weighted by atomic mass is 15.2. The molecule has 1 aliphatic heterocycles. The molecule has 3 N–H and O–H groups in total. The second-order valence-electron chi connectivity index (χ2n) is 2.52. The first kappa shape index (κ1) is 7.41. The third kappa shape index (κ3) is 1.64. The largest absolute Gasteiger partial charge is 0.388 e. The molecule has 3 nitrogen and oxygen atoms in total. The number of hydrogen-bond donors (Lipinski definition) is 2. The minimum atomic E-state index is 0.741. The quantitative estimate of drug-likeness (QED) is 0.555. The van der Waals surface area contributed by atoms with Crippen molar-refractivity contribution in [1.29, 1.82) is 0 Å². The summed E-state index contributed by atoms with van der Waals surface area (Å²) < 4.78 is 0. The van der Waals surface area contributed by atoms with Gasteiger partial charge in [-0.2, -0.15) is 0 Å². The predicted molar refractivity (Wildman–Crippen MR) is 42.4 cm³/mol. The molecule has 0 spiro atoms. The SMILES string of the molecule is CC1=CNCCN1CCN. The van der Waals surface area contributed by atoms with E-state index in [1.807, 2.05) is 6.20 Å². The van der Waals surface area contributed by atoms with Crippen molar-refractivity contribution in [2.45, 2.75) is 6.92 Å². The van der Waals surface area contributed by atoms with Gasteiger partial charge in [0, 0.05) is 38.1 Å². The van der Waals surface area contributed by atoms with Gasteiger partial charge in [0.1, 0.15) is 0 Å². The van der Waals surface area contributed by atoms with Crippen LogP contribution in [0.3, 0.4) is 0 Å². The Bertz CT molecular complexity index is 131. The standard InChI is InChI=1S/C7H15N3/c1-7-6-9-3-5-10(7)4-2-8/h6,9H,2-5,8H2,1H3. The van der Waals surface area contributed by atoms with Crippen LogP contribution in [0.25, 0.3) is 0 Å².